The van der Waals surface area contributed by atoms with Crippen molar-refractivity contribution in [3.8, 4) is 11.3 Å². The standard InChI is InChI=1S/C22H22N4O2/c1-26(2)13-21(27)23-12-14-7-8-19-16(9-14)11-20(24-19)17-10-15-5-3-4-6-18(15)25-22(17)28/h3-11,24H,12-13H2,1-2H3,(H,23,27)(H,25,28). The number of likely N-dealkylation sites (N-methyl/N-ethyl adjacent to an activating group) is 1. The van der Waals surface area contributed by atoms with Crippen LogP contribution >= 0.6 is 0 Å². The number of benzene rings is 2. The number of hydrogen-bond acceptors (Lipinski definition) is 3. The van der Waals surface area contributed by atoms with E-state index >= 15 is 0 Å². The van der Waals surface area contributed by atoms with Crippen LogP contribution in [0, 0.1) is 0 Å². The van der Waals surface area contributed by atoms with E-state index in [1.54, 1.807) is 0 Å². The second-order valence-electron chi connectivity index (χ2n) is 7.22. The van der Waals surface area contributed by atoms with Crippen molar-refractivity contribution in [3.05, 3.63) is 70.5 Å². The van der Waals surface area contributed by atoms with Gasteiger partial charge in [-0.05, 0) is 55.4 Å². The summed E-state index contributed by atoms with van der Waals surface area (Å²) in [5.41, 5.74) is 4.04. The minimum Gasteiger partial charge on any atom is -0.354 e. The lowest BCUT2D eigenvalue weighted by atomic mass is 10.1. The third-order valence-electron chi connectivity index (χ3n) is 4.68. The van der Waals surface area contributed by atoms with Gasteiger partial charge in [0.1, 0.15) is 0 Å². The molecule has 0 aliphatic heterocycles. The molecule has 28 heavy (non-hydrogen) atoms. The molecule has 0 atom stereocenters. The van der Waals surface area contributed by atoms with E-state index in [1.165, 1.54) is 0 Å². The molecule has 0 fully saturated rings. The van der Waals surface area contributed by atoms with Crippen LogP contribution in [-0.2, 0) is 11.3 Å². The van der Waals surface area contributed by atoms with Gasteiger partial charge in [0.05, 0.1) is 17.8 Å². The van der Waals surface area contributed by atoms with Crippen molar-refractivity contribution < 1.29 is 4.79 Å². The highest BCUT2D eigenvalue weighted by atomic mass is 16.2. The average molecular weight is 374 g/mol. The molecule has 2 aromatic heterocycles. The van der Waals surface area contributed by atoms with Gasteiger partial charge in [0.2, 0.25) is 5.91 Å². The smallest absolute Gasteiger partial charge is 0.257 e. The third-order valence-corrected chi connectivity index (χ3v) is 4.68. The molecule has 0 aliphatic carbocycles. The quantitative estimate of drug-likeness (QED) is 0.502. The molecule has 2 heterocycles. The van der Waals surface area contributed by atoms with E-state index in [1.807, 2.05) is 73.6 Å². The van der Waals surface area contributed by atoms with E-state index in [2.05, 4.69) is 15.3 Å². The summed E-state index contributed by atoms with van der Waals surface area (Å²) < 4.78 is 0. The highest BCUT2D eigenvalue weighted by molar-refractivity contribution is 5.89. The number of rotatable bonds is 5. The molecule has 6 heteroatoms. The molecule has 0 spiro atoms. The summed E-state index contributed by atoms with van der Waals surface area (Å²) in [6.07, 6.45) is 0. The molecule has 3 N–H and O–H groups in total. The Bertz CT molecular complexity index is 1220. The van der Waals surface area contributed by atoms with Crippen LogP contribution in [0.15, 0.2) is 59.4 Å². The van der Waals surface area contributed by atoms with Crippen molar-refractivity contribution in [1.29, 1.82) is 0 Å². The molecular weight excluding hydrogens is 352 g/mol. The lowest BCUT2D eigenvalue weighted by molar-refractivity contribution is -0.121. The van der Waals surface area contributed by atoms with E-state index in [9.17, 15) is 9.59 Å². The number of fused-ring (bicyclic) bond motifs is 2. The van der Waals surface area contributed by atoms with Crippen LogP contribution in [0.5, 0.6) is 0 Å². The predicted molar refractivity (Wildman–Crippen MR) is 112 cm³/mol. The number of carbonyl (C=O) groups excluding carboxylic acids is 1. The summed E-state index contributed by atoms with van der Waals surface area (Å²) >= 11 is 0. The van der Waals surface area contributed by atoms with Crippen molar-refractivity contribution in [2.45, 2.75) is 6.54 Å². The predicted octanol–water partition coefficient (Wildman–Crippen LogP) is 2.85. The van der Waals surface area contributed by atoms with E-state index in [0.717, 1.165) is 33.1 Å². The first-order valence-electron chi connectivity index (χ1n) is 9.15. The lowest BCUT2D eigenvalue weighted by Crippen LogP contribution is -2.32. The second-order valence-corrected chi connectivity index (χ2v) is 7.22. The maximum atomic E-state index is 12.5. The van der Waals surface area contributed by atoms with Crippen LogP contribution in [-0.4, -0.2) is 41.4 Å². The maximum absolute atomic E-state index is 12.5. The largest absolute Gasteiger partial charge is 0.354 e. The van der Waals surface area contributed by atoms with Gasteiger partial charge in [-0.25, -0.2) is 0 Å². The summed E-state index contributed by atoms with van der Waals surface area (Å²) in [7, 11) is 3.73. The van der Waals surface area contributed by atoms with Crippen LogP contribution < -0.4 is 10.9 Å². The first-order valence-corrected chi connectivity index (χ1v) is 9.15. The molecule has 0 radical (unpaired) electrons. The second kappa shape index (κ2) is 7.32. The van der Waals surface area contributed by atoms with E-state index in [0.29, 0.717) is 18.7 Å². The number of H-pyrrole nitrogens is 2. The lowest BCUT2D eigenvalue weighted by Gasteiger charge is -2.10. The highest BCUT2D eigenvalue weighted by Gasteiger charge is 2.10. The van der Waals surface area contributed by atoms with Gasteiger partial charge < -0.3 is 20.2 Å². The third kappa shape index (κ3) is 3.68. The molecule has 4 rings (SSSR count). The van der Waals surface area contributed by atoms with E-state index in [4.69, 9.17) is 0 Å². The zero-order valence-corrected chi connectivity index (χ0v) is 15.9. The summed E-state index contributed by atoms with van der Waals surface area (Å²) in [5, 5.41) is 4.90. The molecule has 142 valence electrons. The Morgan fingerprint density at radius 1 is 0.964 bits per heavy atom. The number of aromatic amines is 2. The van der Waals surface area contributed by atoms with Crippen molar-refractivity contribution in [2.75, 3.05) is 20.6 Å². The SMILES string of the molecule is CN(C)CC(=O)NCc1ccc2[nH]c(-c3cc4ccccc4[nH]c3=O)cc2c1. The van der Waals surface area contributed by atoms with Gasteiger partial charge in [0, 0.05) is 23.0 Å². The summed E-state index contributed by atoms with van der Waals surface area (Å²) in [6.45, 7) is 0.834. The van der Waals surface area contributed by atoms with Crippen molar-refractivity contribution in [3.63, 3.8) is 0 Å². The van der Waals surface area contributed by atoms with Gasteiger partial charge >= 0.3 is 0 Å². The fraction of sp³-hybridized carbons (Fsp3) is 0.182. The number of aromatic nitrogens is 2. The minimum atomic E-state index is -0.124. The molecule has 0 saturated heterocycles. The molecule has 4 aromatic rings. The Morgan fingerprint density at radius 3 is 2.57 bits per heavy atom. The topological polar surface area (TPSA) is 81.0 Å². The van der Waals surface area contributed by atoms with Crippen molar-refractivity contribution in [1.82, 2.24) is 20.2 Å². The van der Waals surface area contributed by atoms with Gasteiger partial charge in [-0.3, -0.25) is 9.59 Å². The van der Waals surface area contributed by atoms with Crippen LogP contribution in [0.4, 0.5) is 0 Å². The Kier molecular flexibility index (Phi) is 4.71. The molecule has 0 aliphatic rings. The van der Waals surface area contributed by atoms with Crippen LogP contribution in [0.25, 0.3) is 33.1 Å². The van der Waals surface area contributed by atoms with Crippen LogP contribution in [0.3, 0.4) is 0 Å². The van der Waals surface area contributed by atoms with Crippen molar-refractivity contribution >= 4 is 27.7 Å². The molecule has 0 bridgehead atoms. The van der Waals surface area contributed by atoms with Crippen molar-refractivity contribution in [2.24, 2.45) is 0 Å². The van der Waals surface area contributed by atoms with Gasteiger partial charge in [-0.15, -0.1) is 0 Å². The molecule has 1 amide bonds. The molecule has 2 aromatic carbocycles. The Balaban J connectivity index is 1.63. The van der Waals surface area contributed by atoms with Crippen LogP contribution in [0.2, 0.25) is 0 Å². The molecule has 0 unspecified atom stereocenters. The van der Waals surface area contributed by atoms with Gasteiger partial charge in [0.25, 0.3) is 5.56 Å². The number of hydrogen-bond donors (Lipinski definition) is 3. The Labute approximate surface area is 162 Å². The summed E-state index contributed by atoms with van der Waals surface area (Å²) in [5.74, 6) is -0.0115. The van der Waals surface area contributed by atoms with E-state index in [-0.39, 0.29) is 11.5 Å². The summed E-state index contributed by atoms with van der Waals surface area (Å²) in [6, 6.07) is 17.6. The van der Waals surface area contributed by atoms with Crippen LogP contribution in [0.1, 0.15) is 5.56 Å². The van der Waals surface area contributed by atoms with Gasteiger partial charge in [-0.2, -0.15) is 0 Å². The minimum absolute atomic E-state index is 0.0115. The number of pyridine rings is 1. The Hall–Kier alpha value is -3.38. The summed E-state index contributed by atoms with van der Waals surface area (Å²) in [4.78, 5) is 32.4. The first-order chi connectivity index (χ1) is 13.5. The zero-order valence-electron chi connectivity index (χ0n) is 15.9. The first kappa shape index (κ1) is 18.0. The zero-order chi connectivity index (χ0) is 19.7. The van der Waals surface area contributed by atoms with E-state index < -0.39 is 0 Å². The fourth-order valence-electron chi connectivity index (χ4n) is 3.33. The normalized spacial score (nSPS) is 11.4. The highest BCUT2D eigenvalue weighted by Crippen LogP contribution is 2.24. The molecule has 0 saturated carbocycles. The number of nitrogens with zero attached hydrogens (tertiary/aromatic N) is 1. The number of para-hydroxylation sites is 1. The fourth-order valence-corrected chi connectivity index (χ4v) is 3.33. The average Bonchev–Trinajstić information content (AvgIpc) is 3.08. The maximum Gasteiger partial charge on any atom is 0.257 e. The Morgan fingerprint density at radius 2 is 1.75 bits per heavy atom. The van der Waals surface area contributed by atoms with Gasteiger partial charge in [0.15, 0.2) is 0 Å². The number of nitrogens with one attached hydrogen (secondary N) is 3. The molecule has 6 nitrogen and oxygen atoms in total. The monoisotopic (exact) mass is 374 g/mol. The number of carbonyl (C=O) groups is 1. The van der Waals surface area contributed by atoms with Gasteiger partial charge in [-0.1, -0.05) is 24.3 Å². The number of amides is 1. The molecular formula is C22H22N4O2.